The Kier molecular flexibility index (Phi) is 3.67. The maximum Gasteiger partial charge on any atom is 0.310 e. The molecular formula is C10H19NO2. The SMILES string of the molecule is C=CCNC(C)(C)C(C)(C)C(=O)O. The second kappa shape index (κ2) is 3.92. The van der Waals surface area contributed by atoms with Crippen LogP contribution in [0, 0.1) is 5.41 Å². The van der Waals surface area contributed by atoms with Crippen molar-refractivity contribution in [3.63, 3.8) is 0 Å². The molecule has 0 fully saturated rings. The number of hydrogen-bond acceptors (Lipinski definition) is 2. The minimum atomic E-state index is -0.797. The molecule has 0 rings (SSSR count). The standard InChI is InChI=1S/C10H19NO2/c1-6-7-11-10(4,5)9(2,3)8(12)13/h6,11H,1,7H2,2-5H3,(H,12,13). The van der Waals surface area contributed by atoms with Gasteiger partial charge in [-0.25, -0.2) is 0 Å². The summed E-state index contributed by atoms with van der Waals surface area (Å²) in [4.78, 5) is 11.0. The first-order chi connectivity index (χ1) is 5.75. The third-order valence-electron chi connectivity index (χ3n) is 2.79. The Morgan fingerprint density at radius 3 is 2.23 bits per heavy atom. The highest BCUT2D eigenvalue weighted by atomic mass is 16.4. The summed E-state index contributed by atoms with van der Waals surface area (Å²) in [7, 11) is 0. The molecule has 0 aliphatic carbocycles. The largest absolute Gasteiger partial charge is 0.481 e. The Morgan fingerprint density at radius 1 is 1.46 bits per heavy atom. The van der Waals surface area contributed by atoms with Crippen molar-refractivity contribution in [2.45, 2.75) is 33.2 Å². The third-order valence-corrected chi connectivity index (χ3v) is 2.79. The van der Waals surface area contributed by atoms with E-state index in [0.717, 1.165) is 0 Å². The Balaban J connectivity index is 4.59. The Bertz CT molecular complexity index is 207. The lowest BCUT2D eigenvalue weighted by atomic mass is 9.74. The molecule has 3 nitrogen and oxygen atoms in total. The van der Waals surface area contributed by atoms with Gasteiger partial charge in [-0.15, -0.1) is 6.58 Å². The van der Waals surface area contributed by atoms with E-state index in [4.69, 9.17) is 5.11 Å². The molecule has 3 heteroatoms. The van der Waals surface area contributed by atoms with Gasteiger partial charge in [-0.1, -0.05) is 6.08 Å². The lowest BCUT2D eigenvalue weighted by Gasteiger charge is -2.38. The summed E-state index contributed by atoms with van der Waals surface area (Å²) < 4.78 is 0. The van der Waals surface area contributed by atoms with Crippen molar-refractivity contribution >= 4 is 5.97 Å². The zero-order chi connectivity index (χ0) is 10.7. The minimum absolute atomic E-state index is 0.451. The van der Waals surface area contributed by atoms with Crippen LogP contribution in [0.5, 0.6) is 0 Å². The lowest BCUT2D eigenvalue weighted by molar-refractivity contribution is -0.151. The number of hydrogen-bond donors (Lipinski definition) is 2. The second-order valence-corrected chi connectivity index (χ2v) is 4.22. The molecule has 0 aliphatic rings. The Morgan fingerprint density at radius 2 is 1.92 bits per heavy atom. The molecule has 0 heterocycles. The monoisotopic (exact) mass is 185 g/mol. The zero-order valence-electron chi connectivity index (χ0n) is 8.85. The normalized spacial score (nSPS) is 12.6. The van der Waals surface area contributed by atoms with Crippen molar-refractivity contribution in [1.29, 1.82) is 0 Å². The maximum absolute atomic E-state index is 11.0. The summed E-state index contributed by atoms with van der Waals surface area (Å²) in [6.45, 7) is 11.4. The molecule has 0 spiro atoms. The Hall–Kier alpha value is -0.830. The molecule has 0 atom stereocenters. The molecule has 0 aromatic rings. The van der Waals surface area contributed by atoms with Gasteiger partial charge in [0.15, 0.2) is 0 Å². The molecule has 2 N–H and O–H groups in total. The number of nitrogens with one attached hydrogen (secondary N) is 1. The molecule has 0 amide bonds. The van der Waals surface area contributed by atoms with E-state index < -0.39 is 16.9 Å². The lowest BCUT2D eigenvalue weighted by Crippen LogP contribution is -2.55. The van der Waals surface area contributed by atoms with E-state index in [1.807, 2.05) is 13.8 Å². The topological polar surface area (TPSA) is 49.3 Å². The molecular weight excluding hydrogens is 166 g/mol. The third kappa shape index (κ3) is 2.56. The van der Waals surface area contributed by atoms with E-state index in [1.165, 1.54) is 0 Å². The fourth-order valence-corrected chi connectivity index (χ4v) is 0.816. The van der Waals surface area contributed by atoms with Gasteiger partial charge in [0.25, 0.3) is 0 Å². The predicted octanol–water partition coefficient (Wildman–Crippen LogP) is 1.65. The van der Waals surface area contributed by atoms with Gasteiger partial charge in [0.2, 0.25) is 0 Å². The van der Waals surface area contributed by atoms with E-state index in [2.05, 4.69) is 11.9 Å². The van der Waals surface area contributed by atoms with Gasteiger partial charge < -0.3 is 10.4 Å². The summed E-state index contributed by atoms with van der Waals surface area (Å²) in [5.74, 6) is -0.797. The number of aliphatic carboxylic acids is 1. The van der Waals surface area contributed by atoms with E-state index >= 15 is 0 Å². The molecule has 76 valence electrons. The summed E-state index contributed by atoms with van der Waals surface area (Å²) >= 11 is 0. The first kappa shape index (κ1) is 12.2. The van der Waals surface area contributed by atoms with Crippen molar-refractivity contribution in [1.82, 2.24) is 5.32 Å². The van der Waals surface area contributed by atoms with Crippen molar-refractivity contribution in [3.05, 3.63) is 12.7 Å². The van der Waals surface area contributed by atoms with Crippen LogP contribution in [0.2, 0.25) is 0 Å². The fourth-order valence-electron chi connectivity index (χ4n) is 0.816. The van der Waals surface area contributed by atoms with E-state index in [0.29, 0.717) is 6.54 Å². The second-order valence-electron chi connectivity index (χ2n) is 4.22. The smallest absolute Gasteiger partial charge is 0.310 e. The van der Waals surface area contributed by atoms with Gasteiger partial charge in [-0.05, 0) is 27.7 Å². The highest BCUT2D eigenvalue weighted by Crippen LogP contribution is 2.30. The fraction of sp³-hybridized carbons (Fsp3) is 0.700. The Labute approximate surface area is 79.8 Å². The average Bonchev–Trinajstić information content (AvgIpc) is 2.00. The van der Waals surface area contributed by atoms with Gasteiger partial charge in [-0.3, -0.25) is 4.79 Å². The van der Waals surface area contributed by atoms with Crippen molar-refractivity contribution < 1.29 is 9.90 Å². The number of carboxylic acids is 1. The quantitative estimate of drug-likeness (QED) is 0.640. The van der Waals surface area contributed by atoms with Crippen LogP contribution in [0.15, 0.2) is 12.7 Å². The van der Waals surface area contributed by atoms with Gasteiger partial charge in [0.1, 0.15) is 0 Å². The average molecular weight is 185 g/mol. The van der Waals surface area contributed by atoms with Gasteiger partial charge in [0.05, 0.1) is 5.41 Å². The molecule has 0 unspecified atom stereocenters. The summed E-state index contributed by atoms with van der Waals surface area (Å²) in [5.41, 5.74) is -1.25. The predicted molar refractivity (Wildman–Crippen MR) is 53.7 cm³/mol. The van der Waals surface area contributed by atoms with Crippen LogP contribution >= 0.6 is 0 Å². The first-order valence-electron chi connectivity index (χ1n) is 4.35. The van der Waals surface area contributed by atoms with Gasteiger partial charge in [0, 0.05) is 12.1 Å². The van der Waals surface area contributed by atoms with E-state index in [1.54, 1.807) is 19.9 Å². The summed E-state index contributed by atoms with van der Waals surface area (Å²) in [5, 5.41) is 12.1. The minimum Gasteiger partial charge on any atom is -0.481 e. The molecule has 0 aromatic heterocycles. The highest BCUT2D eigenvalue weighted by molar-refractivity contribution is 5.75. The molecule has 0 bridgehead atoms. The molecule has 13 heavy (non-hydrogen) atoms. The van der Waals surface area contributed by atoms with Gasteiger partial charge >= 0.3 is 5.97 Å². The van der Waals surface area contributed by atoms with Crippen molar-refractivity contribution in [2.24, 2.45) is 5.41 Å². The van der Waals surface area contributed by atoms with Gasteiger partial charge in [-0.2, -0.15) is 0 Å². The van der Waals surface area contributed by atoms with E-state index in [9.17, 15) is 4.79 Å². The molecule has 0 aliphatic heterocycles. The first-order valence-corrected chi connectivity index (χ1v) is 4.35. The van der Waals surface area contributed by atoms with Crippen LogP contribution in [0.3, 0.4) is 0 Å². The number of rotatable bonds is 5. The zero-order valence-corrected chi connectivity index (χ0v) is 8.85. The molecule has 0 saturated heterocycles. The van der Waals surface area contributed by atoms with Crippen LogP contribution < -0.4 is 5.32 Å². The van der Waals surface area contributed by atoms with Crippen molar-refractivity contribution in [3.8, 4) is 0 Å². The van der Waals surface area contributed by atoms with Crippen LogP contribution in [0.1, 0.15) is 27.7 Å². The number of carboxylic acid groups (broad SMARTS) is 1. The molecule has 0 radical (unpaired) electrons. The molecule has 0 aromatic carbocycles. The maximum atomic E-state index is 11.0. The van der Waals surface area contributed by atoms with E-state index in [-0.39, 0.29) is 0 Å². The van der Waals surface area contributed by atoms with Crippen LogP contribution in [-0.4, -0.2) is 23.2 Å². The summed E-state index contributed by atoms with van der Waals surface area (Å²) in [6.07, 6.45) is 1.72. The van der Waals surface area contributed by atoms with Crippen LogP contribution in [0.25, 0.3) is 0 Å². The summed E-state index contributed by atoms with van der Waals surface area (Å²) in [6, 6.07) is 0. The van der Waals surface area contributed by atoms with Crippen LogP contribution in [-0.2, 0) is 4.79 Å². The number of carbonyl (C=O) groups is 1. The van der Waals surface area contributed by atoms with Crippen LogP contribution in [0.4, 0.5) is 0 Å². The van der Waals surface area contributed by atoms with Crippen molar-refractivity contribution in [2.75, 3.05) is 6.54 Å². The molecule has 0 saturated carbocycles. The highest BCUT2D eigenvalue weighted by Gasteiger charge is 2.42.